The molecule has 0 atom stereocenters. The third-order valence-electron chi connectivity index (χ3n) is 2.55. The van der Waals surface area contributed by atoms with Crippen molar-refractivity contribution >= 4 is 10.9 Å². The Hall–Kier alpha value is -1.35. The Morgan fingerprint density at radius 1 is 1.43 bits per heavy atom. The molecular weight excluding hydrogens is 174 g/mol. The largest absolute Gasteiger partial charge is 0.330 e. The fourth-order valence-electron chi connectivity index (χ4n) is 1.95. The van der Waals surface area contributed by atoms with Crippen molar-refractivity contribution in [2.45, 2.75) is 13.3 Å². The maximum absolute atomic E-state index is 5.58. The van der Waals surface area contributed by atoms with Crippen molar-refractivity contribution in [3.05, 3.63) is 29.5 Å². The molecule has 2 N–H and O–H groups in total. The van der Waals surface area contributed by atoms with Crippen LogP contribution < -0.4 is 5.73 Å². The van der Waals surface area contributed by atoms with E-state index in [0.717, 1.165) is 12.1 Å². The molecule has 0 aliphatic heterocycles. The van der Waals surface area contributed by atoms with Crippen molar-refractivity contribution in [1.82, 2.24) is 9.78 Å². The zero-order valence-electron chi connectivity index (χ0n) is 8.62. The number of para-hydroxylation sites is 1. The summed E-state index contributed by atoms with van der Waals surface area (Å²) in [4.78, 5) is 0. The van der Waals surface area contributed by atoms with Crippen molar-refractivity contribution in [3.63, 3.8) is 0 Å². The summed E-state index contributed by atoms with van der Waals surface area (Å²) in [5.41, 5.74) is 9.17. The predicted octanol–water partition coefficient (Wildman–Crippen LogP) is 1.38. The summed E-state index contributed by atoms with van der Waals surface area (Å²) in [6, 6.07) is 6.30. The van der Waals surface area contributed by atoms with E-state index < -0.39 is 0 Å². The van der Waals surface area contributed by atoms with Gasteiger partial charge < -0.3 is 5.73 Å². The van der Waals surface area contributed by atoms with E-state index >= 15 is 0 Å². The molecule has 0 saturated carbocycles. The van der Waals surface area contributed by atoms with Crippen LogP contribution >= 0.6 is 0 Å². The van der Waals surface area contributed by atoms with Gasteiger partial charge in [0.15, 0.2) is 0 Å². The first-order valence-corrected chi connectivity index (χ1v) is 4.85. The number of aryl methyl sites for hydroxylation is 2. The molecule has 0 aliphatic rings. The van der Waals surface area contributed by atoms with E-state index in [2.05, 4.69) is 23.3 Å². The molecule has 2 rings (SSSR count). The number of rotatable bonds is 2. The highest BCUT2D eigenvalue weighted by molar-refractivity contribution is 5.84. The van der Waals surface area contributed by atoms with Crippen molar-refractivity contribution < 1.29 is 0 Å². The van der Waals surface area contributed by atoms with E-state index in [1.807, 2.05) is 18.7 Å². The smallest absolute Gasteiger partial charge is 0.0714 e. The Labute approximate surface area is 83.5 Å². The number of hydrogen-bond acceptors (Lipinski definition) is 2. The second-order valence-electron chi connectivity index (χ2n) is 3.56. The Morgan fingerprint density at radius 3 is 2.93 bits per heavy atom. The van der Waals surface area contributed by atoms with E-state index in [-0.39, 0.29) is 0 Å². The standard InChI is InChI=1S/C11H15N3/c1-8-10-5-3-4-9(6-7-12)11(10)14(2)13-8/h3-5H,6-7,12H2,1-2H3. The van der Waals surface area contributed by atoms with E-state index in [1.54, 1.807) is 0 Å². The van der Waals surface area contributed by atoms with Crippen LogP contribution in [0.15, 0.2) is 18.2 Å². The van der Waals surface area contributed by atoms with Crippen molar-refractivity contribution in [2.75, 3.05) is 6.54 Å². The van der Waals surface area contributed by atoms with E-state index in [4.69, 9.17) is 5.73 Å². The van der Waals surface area contributed by atoms with Gasteiger partial charge >= 0.3 is 0 Å². The summed E-state index contributed by atoms with van der Waals surface area (Å²) in [5, 5.41) is 5.64. The Morgan fingerprint density at radius 2 is 2.21 bits per heavy atom. The van der Waals surface area contributed by atoms with Gasteiger partial charge in [0.2, 0.25) is 0 Å². The van der Waals surface area contributed by atoms with Gasteiger partial charge in [0.1, 0.15) is 0 Å². The quantitative estimate of drug-likeness (QED) is 0.775. The summed E-state index contributed by atoms with van der Waals surface area (Å²) < 4.78 is 1.94. The van der Waals surface area contributed by atoms with Crippen molar-refractivity contribution in [3.8, 4) is 0 Å². The average Bonchev–Trinajstić information content (AvgIpc) is 2.44. The van der Waals surface area contributed by atoms with Gasteiger partial charge in [0.05, 0.1) is 11.2 Å². The Balaban J connectivity index is 2.72. The molecule has 1 aromatic carbocycles. The van der Waals surface area contributed by atoms with Gasteiger partial charge in [-0.05, 0) is 25.5 Å². The molecule has 0 aliphatic carbocycles. The molecule has 1 aromatic heterocycles. The van der Waals surface area contributed by atoms with Crippen LogP contribution in [0.3, 0.4) is 0 Å². The Bertz CT molecular complexity index is 457. The first kappa shape index (κ1) is 9.21. The zero-order valence-corrected chi connectivity index (χ0v) is 8.62. The first-order valence-electron chi connectivity index (χ1n) is 4.85. The number of nitrogens with two attached hydrogens (primary N) is 1. The maximum Gasteiger partial charge on any atom is 0.0714 e. The predicted molar refractivity (Wildman–Crippen MR) is 58.2 cm³/mol. The van der Waals surface area contributed by atoms with Crippen LogP contribution in [-0.2, 0) is 13.5 Å². The molecular formula is C11H15N3. The monoisotopic (exact) mass is 189 g/mol. The highest BCUT2D eigenvalue weighted by atomic mass is 15.3. The summed E-state index contributed by atoms with van der Waals surface area (Å²) in [6.07, 6.45) is 0.913. The molecule has 0 unspecified atom stereocenters. The minimum absolute atomic E-state index is 0.684. The number of benzene rings is 1. The van der Waals surface area contributed by atoms with Gasteiger partial charge in [-0.15, -0.1) is 0 Å². The van der Waals surface area contributed by atoms with Gasteiger partial charge in [-0.1, -0.05) is 18.2 Å². The number of aromatic nitrogens is 2. The summed E-state index contributed by atoms with van der Waals surface area (Å²) in [7, 11) is 1.98. The molecule has 0 fully saturated rings. The van der Waals surface area contributed by atoms with Crippen LogP contribution in [-0.4, -0.2) is 16.3 Å². The molecule has 0 radical (unpaired) electrons. The SMILES string of the molecule is Cc1nn(C)c2c(CCN)cccc12. The highest BCUT2D eigenvalue weighted by Gasteiger charge is 2.07. The molecule has 14 heavy (non-hydrogen) atoms. The van der Waals surface area contributed by atoms with Crippen LogP contribution in [0.2, 0.25) is 0 Å². The number of nitrogens with zero attached hydrogens (tertiary/aromatic N) is 2. The van der Waals surface area contributed by atoms with Crippen LogP contribution in [0.5, 0.6) is 0 Å². The van der Waals surface area contributed by atoms with Gasteiger partial charge in [-0.25, -0.2) is 0 Å². The molecule has 0 spiro atoms. The van der Waals surface area contributed by atoms with Crippen LogP contribution in [0.1, 0.15) is 11.3 Å². The van der Waals surface area contributed by atoms with Crippen LogP contribution in [0, 0.1) is 6.92 Å². The molecule has 1 heterocycles. The molecule has 2 aromatic rings. The molecule has 3 nitrogen and oxygen atoms in total. The highest BCUT2D eigenvalue weighted by Crippen LogP contribution is 2.21. The lowest BCUT2D eigenvalue weighted by Gasteiger charge is -2.02. The topological polar surface area (TPSA) is 43.8 Å². The Kier molecular flexibility index (Phi) is 2.25. The van der Waals surface area contributed by atoms with Gasteiger partial charge in [-0.2, -0.15) is 5.10 Å². The molecule has 0 saturated heterocycles. The molecule has 0 bridgehead atoms. The van der Waals surface area contributed by atoms with Crippen LogP contribution in [0.25, 0.3) is 10.9 Å². The van der Waals surface area contributed by atoms with Gasteiger partial charge in [-0.3, -0.25) is 4.68 Å². The van der Waals surface area contributed by atoms with Crippen LogP contribution in [0.4, 0.5) is 0 Å². The summed E-state index contributed by atoms with van der Waals surface area (Å²) in [5.74, 6) is 0. The fourth-order valence-corrected chi connectivity index (χ4v) is 1.95. The lowest BCUT2D eigenvalue weighted by Crippen LogP contribution is -2.04. The minimum Gasteiger partial charge on any atom is -0.330 e. The summed E-state index contributed by atoms with van der Waals surface area (Å²) >= 11 is 0. The fraction of sp³-hybridized carbons (Fsp3) is 0.364. The number of fused-ring (bicyclic) bond motifs is 1. The van der Waals surface area contributed by atoms with Gasteiger partial charge in [0.25, 0.3) is 0 Å². The minimum atomic E-state index is 0.684. The molecule has 74 valence electrons. The van der Waals surface area contributed by atoms with Gasteiger partial charge in [0, 0.05) is 12.4 Å². The maximum atomic E-state index is 5.58. The van der Waals surface area contributed by atoms with E-state index in [0.29, 0.717) is 6.54 Å². The van der Waals surface area contributed by atoms with Crippen molar-refractivity contribution in [1.29, 1.82) is 0 Å². The second-order valence-corrected chi connectivity index (χ2v) is 3.56. The third kappa shape index (κ3) is 1.30. The first-order chi connectivity index (χ1) is 6.74. The average molecular weight is 189 g/mol. The van der Waals surface area contributed by atoms with Crippen molar-refractivity contribution in [2.24, 2.45) is 12.8 Å². The number of hydrogen-bond donors (Lipinski definition) is 1. The lowest BCUT2D eigenvalue weighted by atomic mass is 10.1. The normalized spacial score (nSPS) is 11.1. The van der Waals surface area contributed by atoms with E-state index in [1.165, 1.54) is 16.5 Å². The van der Waals surface area contributed by atoms with E-state index in [9.17, 15) is 0 Å². The second kappa shape index (κ2) is 3.42. The third-order valence-corrected chi connectivity index (χ3v) is 2.55. The lowest BCUT2D eigenvalue weighted by molar-refractivity contribution is 0.777. The summed E-state index contributed by atoms with van der Waals surface area (Å²) in [6.45, 7) is 2.72. The zero-order chi connectivity index (χ0) is 10.1. The molecule has 0 amide bonds. The molecule has 3 heteroatoms.